The van der Waals surface area contributed by atoms with E-state index in [9.17, 15) is 4.79 Å². The summed E-state index contributed by atoms with van der Waals surface area (Å²) in [5.41, 5.74) is 3.38. The van der Waals surface area contributed by atoms with Gasteiger partial charge in [0.25, 0.3) is 0 Å². The van der Waals surface area contributed by atoms with Crippen LogP contribution >= 0.6 is 0 Å². The molecule has 5 rings (SSSR count). The summed E-state index contributed by atoms with van der Waals surface area (Å²) in [6, 6.07) is 21.3. The van der Waals surface area contributed by atoms with Crippen molar-refractivity contribution in [2.75, 3.05) is 0 Å². The molecule has 2 aliphatic heterocycles. The summed E-state index contributed by atoms with van der Waals surface area (Å²) in [7, 11) is 0. The molecule has 0 bridgehead atoms. The third kappa shape index (κ3) is 1.54. The van der Waals surface area contributed by atoms with E-state index in [2.05, 4.69) is 0 Å². The Balaban J connectivity index is 1.93. The van der Waals surface area contributed by atoms with E-state index >= 15 is 0 Å². The van der Waals surface area contributed by atoms with E-state index in [0.29, 0.717) is 5.56 Å². The van der Waals surface area contributed by atoms with E-state index in [4.69, 9.17) is 9.47 Å². The van der Waals surface area contributed by atoms with Gasteiger partial charge in [0, 0.05) is 16.7 Å². The summed E-state index contributed by atoms with van der Waals surface area (Å²) in [5.74, 6) is 1.15. The van der Waals surface area contributed by atoms with Gasteiger partial charge in [-0.3, -0.25) is 0 Å². The minimum Gasteiger partial charge on any atom is -0.456 e. The molecule has 24 heavy (non-hydrogen) atoms. The Bertz CT molecular complexity index is 958. The first-order chi connectivity index (χ1) is 11.7. The molecule has 0 aromatic heterocycles. The number of aryl methyl sites for hydroxylation is 1. The van der Waals surface area contributed by atoms with Crippen LogP contribution in [0.1, 0.15) is 32.6 Å². The summed E-state index contributed by atoms with van der Waals surface area (Å²) < 4.78 is 12.1. The van der Waals surface area contributed by atoms with Crippen LogP contribution in [0.3, 0.4) is 0 Å². The molecule has 3 nitrogen and oxygen atoms in total. The van der Waals surface area contributed by atoms with Crippen molar-refractivity contribution in [3.63, 3.8) is 0 Å². The molecular weight excluding hydrogens is 300 g/mol. The molecule has 2 heterocycles. The average Bonchev–Trinajstić information content (AvgIpc) is 2.88. The minimum atomic E-state index is -0.941. The number of benzene rings is 3. The van der Waals surface area contributed by atoms with E-state index in [1.165, 1.54) is 0 Å². The van der Waals surface area contributed by atoms with Gasteiger partial charge in [0.15, 0.2) is 5.60 Å². The van der Waals surface area contributed by atoms with Gasteiger partial charge in [0.2, 0.25) is 0 Å². The highest BCUT2D eigenvalue weighted by Crippen LogP contribution is 2.55. The number of hydrogen-bond acceptors (Lipinski definition) is 3. The quantitative estimate of drug-likeness (QED) is 0.571. The van der Waals surface area contributed by atoms with Gasteiger partial charge in [-0.25, -0.2) is 4.79 Å². The zero-order valence-corrected chi connectivity index (χ0v) is 13.1. The van der Waals surface area contributed by atoms with Crippen molar-refractivity contribution < 1.29 is 14.3 Å². The molecule has 3 aromatic carbocycles. The second kappa shape index (κ2) is 4.48. The molecule has 0 atom stereocenters. The molecule has 116 valence electrons. The summed E-state index contributed by atoms with van der Waals surface area (Å²) in [6.45, 7) is 2.02. The molecule has 0 aliphatic carbocycles. The Morgan fingerprint density at radius 2 is 1.42 bits per heavy atom. The molecule has 1 spiro atoms. The molecule has 0 amide bonds. The Kier molecular flexibility index (Phi) is 2.50. The van der Waals surface area contributed by atoms with Crippen molar-refractivity contribution >= 4 is 5.97 Å². The van der Waals surface area contributed by atoms with Gasteiger partial charge in [-0.15, -0.1) is 0 Å². The van der Waals surface area contributed by atoms with E-state index in [-0.39, 0.29) is 5.97 Å². The highest BCUT2D eigenvalue weighted by Gasteiger charge is 2.53. The monoisotopic (exact) mass is 314 g/mol. The van der Waals surface area contributed by atoms with Crippen LogP contribution in [0.2, 0.25) is 0 Å². The zero-order valence-electron chi connectivity index (χ0n) is 13.1. The molecule has 3 aromatic rings. The fraction of sp³-hybridized carbons (Fsp3) is 0.0952. The van der Waals surface area contributed by atoms with Crippen molar-refractivity contribution in [1.82, 2.24) is 0 Å². The minimum absolute atomic E-state index is 0.295. The van der Waals surface area contributed by atoms with Crippen LogP contribution in [-0.4, -0.2) is 5.97 Å². The number of fused-ring (bicyclic) bond motifs is 6. The van der Waals surface area contributed by atoms with E-state index in [0.717, 1.165) is 33.8 Å². The maximum absolute atomic E-state index is 12.6. The number of para-hydroxylation sites is 2. The highest BCUT2D eigenvalue weighted by molar-refractivity contribution is 5.97. The third-order valence-electron chi connectivity index (χ3n) is 4.77. The molecule has 3 heteroatoms. The lowest BCUT2D eigenvalue weighted by Crippen LogP contribution is -2.32. The van der Waals surface area contributed by atoms with E-state index < -0.39 is 5.60 Å². The molecule has 0 saturated carbocycles. The lowest BCUT2D eigenvalue weighted by molar-refractivity contribution is 0.0224. The Labute approximate surface area is 139 Å². The lowest BCUT2D eigenvalue weighted by atomic mass is 9.77. The predicted molar refractivity (Wildman–Crippen MR) is 89.4 cm³/mol. The largest absolute Gasteiger partial charge is 0.456 e. The molecular formula is C21H14O3. The van der Waals surface area contributed by atoms with E-state index in [1.54, 1.807) is 0 Å². The molecule has 0 unspecified atom stereocenters. The summed E-state index contributed by atoms with van der Waals surface area (Å²) in [6.07, 6.45) is 0. The fourth-order valence-corrected chi connectivity index (χ4v) is 3.73. The smallest absolute Gasteiger partial charge is 0.340 e. The first-order valence-electron chi connectivity index (χ1n) is 7.91. The normalized spacial score (nSPS) is 16.0. The number of carbonyl (C=O) groups is 1. The standard InChI is InChI=1S/C21H14O3/c1-13-10-11-14-17(12-13)21(24-20(14)22)15-6-2-4-8-18(15)23-19-9-5-3-7-16(19)21/h2-12H,1H3. The fourth-order valence-electron chi connectivity index (χ4n) is 3.73. The van der Waals surface area contributed by atoms with Crippen LogP contribution < -0.4 is 4.74 Å². The maximum atomic E-state index is 12.6. The Morgan fingerprint density at radius 1 is 0.792 bits per heavy atom. The maximum Gasteiger partial charge on any atom is 0.340 e. The average molecular weight is 314 g/mol. The number of esters is 1. The second-order valence-corrected chi connectivity index (χ2v) is 6.21. The summed E-state index contributed by atoms with van der Waals surface area (Å²) in [4.78, 5) is 12.6. The summed E-state index contributed by atoms with van der Waals surface area (Å²) in [5, 5.41) is 0. The first kappa shape index (κ1) is 13.4. The van der Waals surface area contributed by atoms with Gasteiger partial charge < -0.3 is 9.47 Å². The third-order valence-corrected chi connectivity index (χ3v) is 4.77. The molecule has 0 radical (unpaired) electrons. The van der Waals surface area contributed by atoms with Gasteiger partial charge in [0.1, 0.15) is 11.5 Å². The predicted octanol–water partition coefficient (Wildman–Crippen LogP) is 4.56. The Hall–Kier alpha value is -3.07. The zero-order chi connectivity index (χ0) is 16.3. The molecule has 0 fully saturated rings. The van der Waals surface area contributed by atoms with Crippen molar-refractivity contribution in [1.29, 1.82) is 0 Å². The number of carbonyl (C=O) groups excluding carboxylic acids is 1. The van der Waals surface area contributed by atoms with Gasteiger partial charge in [-0.1, -0.05) is 54.1 Å². The van der Waals surface area contributed by atoms with Crippen LogP contribution in [0.4, 0.5) is 0 Å². The van der Waals surface area contributed by atoms with Crippen molar-refractivity contribution in [3.05, 3.63) is 94.5 Å². The molecule has 0 saturated heterocycles. The van der Waals surface area contributed by atoms with Crippen LogP contribution in [0.5, 0.6) is 11.5 Å². The molecule has 0 N–H and O–H groups in total. The van der Waals surface area contributed by atoms with Crippen LogP contribution in [0.25, 0.3) is 0 Å². The number of rotatable bonds is 0. The van der Waals surface area contributed by atoms with Crippen LogP contribution in [0, 0.1) is 6.92 Å². The van der Waals surface area contributed by atoms with Crippen molar-refractivity contribution in [2.45, 2.75) is 12.5 Å². The number of ether oxygens (including phenoxy) is 2. The number of hydrogen-bond donors (Lipinski definition) is 0. The van der Waals surface area contributed by atoms with Crippen molar-refractivity contribution in [3.8, 4) is 11.5 Å². The van der Waals surface area contributed by atoms with Crippen LogP contribution in [0.15, 0.2) is 66.7 Å². The highest BCUT2D eigenvalue weighted by atomic mass is 16.6. The molecule has 2 aliphatic rings. The topological polar surface area (TPSA) is 35.5 Å². The van der Waals surface area contributed by atoms with Crippen LogP contribution in [-0.2, 0) is 10.3 Å². The van der Waals surface area contributed by atoms with Gasteiger partial charge in [-0.2, -0.15) is 0 Å². The summed E-state index contributed by atoms with van der Waals surface area (Å²) >= 11 is 0. The van der Waals surface area contributed by atoms with Gasteiger partial charge in [0.05, 0.1) is 5.56 Å². The van der Waals surface area contributed by atoms with E-state index in [1.807, 2.05) is 73.7 Å². The van der Waals surface area contributed by atoms with Gasteiger partial charge in [-0.05, 0) is 25.1 Å². The SMILES string of the molecule is Cc1ccc2c(c1)C1(OC2=O)c2ccccc2Oc2ccccc21. The first-order valence-corrected chi connectivity index (χ1v) is 7.91. The van der Waals surface area contributed by atoms with Gasteiger partial charge >= 0.3 is 5.97 Å². The lowest BCUT2D eigenvalue weighted by Gasteiger charge is -2.36. The second-order valence-electron chi connectivity index (χ2n) is 6.21. The van der Waals surface area contributed by atoms with Crippen molar-refractivity contribution in [2.24, 2.45) is 0 Å². The Morgan fingerprint density at radius 3 is 2.08 bits per heavy atom.